The minimum absolute atomic E-state index is 0.126. The molecule has 0 radical (unpaired) electrons. The lowest BCUT2D eigenvalue weighted by Crippen LogP contribution is -2.68. The fourth-order valence-corrected chi connectivity index (χ4v) is 4.88. The van der Waals surface area contributed by atoms with Gasteiger partial charge in [-0.1, -0.05) is 60.7 Å². The number of β-lactam (4-membered cyclic amide) rings is 1. The van der Waals surface area contributed by atoms with Gasteiger partial charge in [-0.15, -0.1) is 11.8 Å². The normalized spacial score (nSPS) is 20.2. The second-order valence-electron chi connectivity index (χ2n) is 7.33. The highest BCUT2D eigenvalue weighted by Crippen LogP contribution is 2.41. The zero-order valence-electron chi connectivity index (χ0n) is 17.3. The van der Waals surface area contributed by atoms with Crippen LogP contribution in [0.5, 0.6) is 0 Å². The zero-order valence-corrected chi connectivity index (χ0v) is 18.2. The number of allylic oxidation sites excluding steroid dienone is 1. The zero-order chi connectivity index (χ0) is 22.7. The van der Waals surface area contributed by atoms with Crippen LogP contribution >= 0.6 is 11.8 Å². The first kappa shape index (κ1) is 21.9. The monoisotopic (exact) mass is 450 g/mol. The van der Waals surface area contributed by atoms with Crippen molar-refractivity contribution in [2.45, 2.75) is 24.4 Å². The van der Waals surface area contributed by atoms with Gasteiger partial charge < -0.3 is 15.2 Å². The molecule has 2 aromatic carbocycles. The second kappa shape index (κ2) is 9.42. The van der Waals surface area contributed by atoms with E-state index in [9.17, 15) is 14.4 Å². The number of rotatable bonds is 6. The van der Waals surface area contributed by atoms with Crippen LogP contribution in [0, 0.1) is 0 Å². The quantitative estimate of drug-likeness (QED) is 0.410. The van der Waals surface area contributed by atoms with Gasteiger partial charge in [0.25, 0.3) is 0 Å². The maximum absolute atomic E-state index is 13.4. The number of carbonyl (C=O) groups excluding carboxylic acids is 3. The van der Waals surface area contributed by atoms with Crippen molar-refractivity contribution in [1.29, 1.82) is 0 Å². The molecule has 7 nitrogen and oxygen atoms in total. The Kier molecular flexibility index (Phi) is 6.43. The van der Waals surface area contributed by atoms with Gasteiger partial charge in [0.1, 0.15) is 17.1 Å². The van der Waals surface area contributed by atoms with Crippen LogP contribution in [0.1, 0.15) is 24.2 Å². The average molecular weight is 451 g/mol. The number of benzene rings is 2. The standard InChI is InChI=1S/C24H22N2O5S/c1-15(27)30-13-12-18-14-32-23-19(25)22(28)26(23)20(18)24(29)31-21(16-8-4-2-5-9-16)17-10-6-3-7-11-17/h2-13,19,21,23H,14,25H2,1H3/b13-12+. The first-order chi connectivity index (χ1) is 15.5. The van der Waals surface area contributed by atoms with Crippen molar-refractivity contribution >= 4 is 29.6 Å². The molecule has 164 valence electrons. The molecule has 0 spiro atoms. The number of fused-ring (bicyclic) bond motifs is 1. The fourth-order valence-electron chi connectivity index (χ4n) is 3.62. The van der Waals surface area contributed by atoms with E-state index in [1.807, 2.05) is 60.7 Å². The van der Waals surface area contributed by atoms with Crippen molar-refractivity contribution in [1.82, 2.24) is 4.90 Å². The van der Waals surface area contributed by atoms with Crippen molar-refractivity contribution in [2.75, 3.05) is 5.75 Å². The molecular formula is C24H22N2O5S. The number of carbonyl (C=O) groups is 3. The van der Waals surface area contributed by atoms with Gasteiger partial charge in [0.15, 0.2) is 6.10 Å². The van der Waals surface area contributed by atoms with Gasteiger partial charge in [0.05, 0.1) is 6.26 Å². The Bertz CT molecular complexity index is 1040. The molecule has 2 unspecified atom stereocenters. The summed E-state index contributed by atoms with van der Waals surface area (Å²) in [5.74, 6) is -1.05. The Balaban J connectivity index is 1.69. The van der Waals surface area contributed by atoms with Gasteiger partial charge in [-0.25, -0.2) is 4.79 Å². The highest BCUT2D eigenvalue weighted by molar-refractivity contribution is 8.00. The largest absolute Gasteiger partial charge is 0.448 e. The van der Waals surface area contributed by atoms with E-state index in [0.717, 1.165) is 11.1 Å². The molecule has 4 rings (SSSR count). The van der Waals surface area contributed by atoms with Crippen molar-refractivity contribution in [3.63, 3.8) is 0 Å². The van der Waals surface area contributed by atoms with Gasteiger partial charge in [-0.3, -0.25) is 14.5 Å². The number of hydrogen-bond acceptors (Lipinski definition) is 7. The highest BCUT2D eigenvalue weighted by Gasteiger charge is 2.52. The van der Waals surface area contributed by atoms with Crippen LogP contribution in [0.2, 0.25) is 0 Å². The lowest BCUT2D eigenvalue weighted by atomic mass is 10.0. The number of esters is 2. The van der Waals surface area contributed by atoms with Crippen LogP contribution in [0.25, 0.3) is 0 Å². The Labute approximate surface area is 189 Å². The maximum Gasteiger partial charge on any atom is 0.356 e. The SMILES string of the molecule is CC(=O)O/C=C/C1=C(C(=O)OC(c2ccccc2)c2ccccc2)N2C(=O)C(N)C2SC1. The fraction of sp³-hybridized carbons (Fsp3) is 0.208. The van der Waals surface area contributed by atoms with Crippen molar-refractivity contribution in [2.24, 2.45) is 5.73 Å². The third-order valence-electron chi connectivity index (χ3n) is 5.17. The summed E-state index contributed by atoms with van der Waals surface area (Å²) in [4.78, 5) is 38.4. The summed E-state index contributed by atoms with van der Waals surface area (Å²) in [6.07, 6.45) is 2.06. The number of ether oxygens (including phenoxy) is 2. The van der Waals surface area contributed by atoms with E-state index in [-0.39, 0.29) is 17.0 Å². The van der Waals surface area contributed by atoms with Crippen molar-refractivity contribution in [3.05, 3.63) is 95.4 Å². The number of nitrogens with two attached hydrogens (primary N) is 1. The van der Waals surface area contributed by atoms with E-state index in [2.05, 4.69) is 0 Å². The molecule has 2 aliphatic heterocycles. The Hall–Kier alpha value is -3.36. The van der Waals surface area contributed by atoms with E-state index in [1.165, 1.54) is 35.9 Å². The van der Waals surface area contributed by atoms with Crippen LogP contribution < -0.4 is 5.73 Å². The van der Waals surface area contributed by atoms with E-state index >= 15 is 0 Å². The number of nitrogens with zero attached hydrogens (tertiary/aromatic N) is 1. The lowest BCUT2D eigenvalue weighted by molar-refractivity contribution is -0.153. The van der Waals surface area contributed by atoms with Gasteiger partial charge >= 0.3 is 11.9 Å². The summed E-state index contributed by atoms with van der Waals surface area (Å²) < 4.78 is 10.9. The summed E-state index contributed by atoms with van der Waals surface area (Å²) in [5.41, 5.74) is 8.19. The second-order valence-corrected chi connectivity index (χ2v) is 8.43. The van der Waals surface area contributed by atoms with Gasteiger partial charge in [0.2, 0.25) is 5.91 Å². The number of hydrogen-bond donors (Lipinski definition) is 1. The van der Waals surface area contributed by atoms with Crippen LogP contribution in [0.3, 0.4) is 0 Å². The summed E-state index contributed by atoms with van der Waals surface area (Å²) in [5, 5.41) is -0.331. The molecule has 1 amide bonds. The van der Waals surface area contributed by atoms with E-state index < -0.39 is 24.1 Å². The smallest absolute Gasteiger partial charge is 0.356 e. The molecule has 2 heterocycles. The highest BCUT2D eigenvalue weighted by atomic mass is 32.2. The third kappa shape index (κ3) is 4.32. The Morgan fingerprint density at radius 1 is 1.09 bits per heavy atom. The summed E-state index contributed by atoms with van der Waals surface area (Å²) in [7, 11) is 0. The minimum Gasteiger partial charge on any atom is -0.448 e. The first-order valence-corrected chi connectivity index (χ1v) is 11.1. The van der Waals surface area contributed by atoms with Crippen molar-refractivity contribution < 1.29 is 23.9 Å². The molecule has 2 N–H and O–H groups in total. The molecule has 2 aromatic rings. The summed E-state index contributed by atoms with van der Waals surface area (Å²) >= 11 is 1.45. The molecule has 0 aliphatic carbocycles. The molecule has 32 heavy (non-hydrogen) atoms. The molecule has 8 heteroatoms. The molecule has 0 aromatic heterocycles. The summed E-state index contributed by atoms with van der Waals surface area (Å²) in [6.45, 7) is 1.28. The predicted octanol–water partition coefficient (Wildman–Crippen LogP) is 2.89. The van der Waals surface area contributed by atoms with Crippen molar-refractivity contribution in [3.8, 4) is 0 Å². The molecule has 1 saturated heterocycles. The van der Waals surface area contributed by atoms with E-state index in [1.54, 1.807) is 0 Å². The van der Waals surface area contributed by atoms with Gasteiger partial charge in [-0.05, 0) is 22.8 Å². The molecule has 0 saturated carbocycles. The maximum atomic E-state index is 13.4. The lowest BCUT2D eigenvalue weighted by Gasteiger charge is -2.48. The van der Waals surface area contributed by atoms with E-state index in [0.29, 0.717) is 11.3 Å². The minimum atomic E-state index is -0.666. The van der Waals surface area contributed by atoms with Crippen LogP contribution in [0.15, 0.2) is 84.3 Å². The van der Waals surface area contributed by atoms with Crippen LogP contribution in [0.4, 0.5) is 0 Å². The summed E-state index contributed by atoms with van der Waals surface area (Å²) in [6, 6.07) is 18.1. The molecular weight excluding hydrogens is 428 g/mol. The Morgan fingerprint density at radius 3 is 2.25 bits per heavy atom. The van der Waals surface area contributed by atoms with Crippen LogP contribution in [-0.4, -0.2) is 39.9 Å². The number of amides is 1. The third-order valence-corrected chi connectivity index (χ3v) is 6.49. The number of thioether (sulfide) groups is 1. The van der Waals surface area contributed by atoms with E-state index in [4.69, 9.17) is 15.2 Å². The van der Waals surface area contributed by atoms with Crippen LogP contribution in [-0.2, 0) is 23.9 Å². The molecule has 0 bridgehead atoms. The van der Waals surface area contributed by atoms with Gasteiger partial charge in [-0.2, -0.15) is 0 Å². The molecule has 1 fully saturated rings. The topological polar surface area (TPSA) is 98.9 Å². The first-order valence-electron chi connectivity index (χ1n) is 10.1. The van der Waals surface area contributed by atoms with Gasteiger partial charge in [0, 0.05) is 12.7 Å². The predicted molar refractivity (Wildman–Crippen MR) is 120 cm³/mol. The average Bonchev–Trinajstić information content (AvgIpc) is 2.82. The Morgan fingerprint density at radius 2 is 1.69 bits per heavy atom. The molecule has 2 atom stereocenters. The molecule has 2 aliphatic rings.